The zero-order chi connectivity index (χ0) is 26.3. The summed E-state index contributed by atoms with van der Waals surface area (Å²) in [7, 11) is -3.55. The van der Waals surface area contributed by atoms with Gasteiger partial charge in [-0.25, -0.2) is 13.1 Å². The fourth-order valence-electron chi connectivity index (χ4n) is 3.52. The van der Waals surface area contributed by atoms with Crippen LogP contribution < -0.4 is 15.4 Å². The molecular weight excluding hydrogens is 508 g/mol. The van der Waals surface area contributed by atoms with E-state index in [0.29, 0.717) is 29.8 Å². The van der Waals surface area contributed by atoms with Crippen LogP contribution in [0, 0.1) is 6.92 Å². The smallest absolute Gasteiger partial charge is 0.240 e. The minimum absolute atomic E-state index is 0.105. The molecule has 0 spiro atoms. The largest absolute Gasteiger partial charge is 0.378 e. The van der Waals surface area contributed by atoms with E-state index in [0.717, 1.165) is 11.4 Å². The number of rotatable bonds is 11. The fraction of sp³-hybridized carbons (Fsp3) is 0.192. The lowest BCUT2D eigenvalue weighted by Gasteiger charge is -2.12. The predicted octanol–water partition coefficient (Wildman–Crippen LogP) is 4.22. The topological polar surface area (TPSA) is 118 Å². The summed E-state index contributed by atoms with van der Waals surface area (Å²) in [5.74, 6) is 0.578. The van der Waals surface area contributed by atoms with Gasteiger partial charge in [-0.2, -0.15) is 0 Å². The highest BCUT2D eigenvalue weighted by Gasteiger charge is 2.17. The second-order valence-corrected chi connectivity index (χ2v) is 10.9. The van der Waals surface area contributed by atoms with Crippen molar-refractivity contribution in [2.75, 3.05) is 22.9 Å². The molecule has 9 nitrogen and oxygen atoms in total. The highest BCUT2D eigenvalue weighted by Crippen LogP contribution is 2.23. The first kappa shape index (κ1) is 26.4. The number of sulfonamides is 1. The Kier molecular flexibility index (Phi) is 8.59. The minimum atomic E-state index is -3.55. The summed E-state index contributed by atoms with van der Waals surface area (Å²) in [4.78, 5) is 12.8. The van der Waals surface area contributed by atoms with E-state index >= 15 is 0 Å². The van der Waals surface area contributed by atoms with E-state index in [1.54, 1.807) is 19.1 Å². The first-order valence-corrected chi connectivity index (χ1v) is 14.2. The molecule has 3 N–H and O–H groups in total. The number of thioether (sulfide) groups is 1. The van der Waals surface area contributed by atoms with Crippen molar-refractivity contribution >= 4 is 39.1 Å². The Morgan fingerprint density at radius 1 is 0.919 bits per heavy atom. The van der Waals surface area contributed by atoms with E-state index in [9.17, 15) is 13.2 Å². The highest BCUT2D eigenvalue weighted by atomic mass is 32.2. The zero-order valence-electron chi connectivity index (χ0n) is 20.5. The van der Waals surface area contributed by atoms with Crippen molar-refractivity contribution in [2.24, 2.45) is 0 Å². The Morgan fingerprint density at radius 3 is 2.27 bits per heavy atom. The fourth-order valence-corrected chi connectivity index (χ4v) is 5.33. The Balaban J connectivity index is 1.43. The molecule has 1 aromatic heterocycles. The lowest BCUT2D eigenvalue weighted by Crippen LogP contribution is -2.23. The number of carbonyl (C=O) groups excluding carboxylic acids is 1. The number of amides is 1. The van der Waals surface area contributed by atoms with Crippen LogP contribution in [0.5, 0.6) is 0 Å². The van der Waals surface area contributed by atoms with Gasteiger partial charge in [0.1, 0.15) is 0 Å². The maximum absolute atomic E-state index is 12.6. The summed E-state index contributed by atoms with van der Waals surface area (Å²) in [6, 6.07) is 23.9. The minimum Gasteiger partial charge on any atom is -0.378 e. The van der Waals surface area contributed by atoms with Crippen LogP contribution in [0.4, 0.5) is 11.4 Å². The molecular formula is C26H28N6O3S2. The van der Waals surface area contributed by atoms with Crippen LogP contribution in [0.1, 0.15) is 18.3 Å². The molecule has 1 amide bonds. The number of para-hydroxylation sites is 1. The molecule has 37 heavy (non-hydrogen) atoms. The molecule has 0 radical (unpaired) electrons. The molecule has 4 rings (SSSR count). The molecule has 1 heterocycles. The number of anilines is 2. The Labute approximate surface area is 220 Å². The number of hydrogen-bond acceptors (Lipinski definition) is 7. The van der Waals surface area contributed by atoms with E-state index in [1.165, 1.54) is 29.5 Å². The van der Waals surface area contributed by atoms with Gasteiger partial charge in [0.05, 0.1) is 17.2 Å². The van der Waals surface area contributed by atoms with Gasteiger partial charge in [-0.1, -0.05) is 54.6 Å². The average Bonchev–Trinajstić information content (AvgIpc) is 3.31. The van der Waals surface area contributed by atoms with Gasteiger partial charge in [0.25, 0.3) is 0 Å². The van der Waals surface area contributed by atoms with Gasteiger partial charge in [-0.3, -0.25) is 9.36 Å². The van der Waals surface area contributed by atoms with Crippen molar-refractivity contribution in [3.05, 3.63) is 90.3 Å². The number of aryl methyl sites for hydroxylation is 1. The predicted molar refractivity (Wildman–Crippen MR) is 147 cm³/mol. The average molecular weight is 537 g/mol. The molecule has 0 atom stereocenters. The van der Waals surface area contributed by atoms with Crippen molar-refractivity contribution in [2.45, 2.75) is 30.4 Å². The summed E-state index contributed by atoms with van der Waals surface area (Å²) in [5.41, 5.74) is 3.57. The van der Waals surface area contributed by atoms with Crippen LogP contribution in [0.25, 0.3) is 5.69 Å². The van der Waals surface area contributed by atoms with Crippen LogP contribution in [-0.4, -0.2) is 41.4 Å². The summed E-state index contributed by atoms with van der Waals surface area (Å²) in [6.45, 7) is 4.52. The van der Waals surface area contributed by atoms with Gasteiger partial charge in [0, 0.05) is 23.6 Å². The first-order chi connectivity index (χ1) is 17.9. The van der Waals surface area contributed by atoms with E-state index in [2.05, 4.69) is 25.6 Å². The summed E-state index contributed by atoms with van der Waals surface area (Å²) < 4.78 is 28.6. The normalized spacial score (nSPS) is 11.3. The van der Waals surface area contributed by atoms with E-state index < -0.39 is 10.0 Å². The lowest BCUT2D eigenvalue weighted by atomic mass is 10.2. The third-order valence-corrected chi connectivity index (χ3v) is 7.82. The van der Waals surface area contributed by atoms with Gasteiger partial charge in [-0.15, -0.1) is 10.2 Å². The van der Waals surface area contributed by atoms with Crippen molar-refractivity contribution in [3.63, 3.8) is 0 Å². The molecule has 3 aromatic carbocycles. The van der Waals surface area contributed by atoms with Crippen LogP contribution >= 0.6 is 11.8 Å². The van der Waals surface area contributed by atoms with Gasteiger partial charge >= 0.3 is 0 Å². The molecule has 4 aromatic rings. The molecule has 0 fully saturated rings. The summed E-state index contributed by atoms with van der Waals surface area (Å²) in [5, 5.41) is 15.5. The van der Waals surface area contributed by atoms with E-state index in [-0.39, 0.29) is 16.6 Å². The molecule has 0 aliphatic carbocycles. The van der Waals surface area contributed by atoms with Gasteiger partial charge in [0.15, 0.2) is 11.0 Å². The molecule has 0 unspecified atom stereocenters. The number of hydrogen-bond donors (Lipinski definition) is 3. The third kappa shape index (κ3) is 6.97. The maximum atomic E-state index is 12.6. The second kappa shape index (κ2) is 12.0. The summed E-state index contributed by atoms with van der Waals surface area (Å²) in [6.07, 6.45) is 0. The Hall–Kier alpha value is -3.67. The molecule has 0 aliphatic rings. The maximum Gasteiger partial charge on any atom is 0.240 e. The second-order valence-electron chi connectivity index (χ2n) is 8.15. The number of benzene rings is 3. The molecule has 0 bridgehead atoms. The monoisotopic (exact) mass is 536 g/mol. The molecule has 192 valence electrons. The molecule has 0 saturated heterocycles. The number of carbonyl (C=O) groups is 1. The summed E-state index contributed by atoms with van der Waals surface area (Å²) >= 11 is 1.27. The van der Waals surface area contributed by atoms with Crippen LogP contribution in [0.3, 0.4) is 0 Å². The quantitative estimate of drug-likeness (QED) is 0.246. The lowest BCUT2D eigenvalue weighted by molar-refractivity contribution is -0.113. The molecule has 0 saturated carbocycles. The van der Waals surface area contributed by atoms with E-state index in [4.69, 9.17) is 0 Å². The van der Waals surface area contributed by atoms with Crippen molar-refractivity contribution in [1.29, 1.82) is 0 Å². The number of nitrogens with one attached hydrogen (secondary N) is 3. The van der Waals surface area contributed by atoms with E-state index in [1.807, 2.05) is 66.1 Å². The Bertz CT molecular complexity index is 1440. The SMILES string of the molecule is CCNS(=O)(=O)c1ccc(NC(=O)CSc2nnc(CNc3ccc(C)cc3)n2-c2ccccc2)cc1. The van der Waals surface area contributed by atoms with Crippen molar-refractivity contribution in [1.82, 2.24) is 19.5 Å². The van der Waals surface area contributed by atoms with Crippen LogP contribution in [0.2, 0.25) is 0 Å². The standard InChI is InChI=1S/C26H28N6O3S2/c1-3-28-37(34,35)23-15-13-21(14-16-23)29-25(33)18-36-26-31-30-24(32(26)22-7-5-4-6-8-22)17-27-20-11-9-19(2)10-12-20/h4-16,27-28H,3,17-18H2,1-2H3,(H,29,33). The number of aromatic nitrogens is 3. The molecule has 11 heteroatoms. The van der Waals surface area contributed by atoms with Gasteiger partial charge < -0.3 is 10.6 Å². The van der Waals surface area contributed by atoms with Crippen molar-refractivity contribution in [3.8, 4) is 5.69 Å². The number of nitrogens with zero attached hydrogens (tertiary/aromatic N) is 3. The van der Waals surface area contributed by atoms with Crippen molar-refractivity contribution < 1.29 is 13.2 Å². The third-order valence-electron chi connectivity index (χ3n) is 5.33. The molecule has 0 aliphatic heterocycles. The Morgan fingerprint density at radius 2 is 1.59 bits per heavy atom. The first-order valence-electron chi connectivity index (χ1n) is 11.7. The van der Waals surface area contributed by atoms with Gasteiger partial charge in [0.2, 0.25) is 15.9 Å². The highest BCUT2D eigenvalue weighted by molar-refractivity contribution is 7.99. The zero-order valence-corrected chi connectivity index (χ0v) is 22.1. The van der Waals surface area contributed by atoms with Gasteiger partial charge in [-0.05, 0) is 55.5 Å². The van der Waals surface area contributed by atoms with Crippen LogP contribution in [0.15, 0.2) is 88.9 Å². The van der Waals surface area contributed by atoms with Crippen LogP contribution in [-0.2, 0) is 21.4 Å².